The third-order valence-corrected chi connectivity index (χ3v) is 3.63. The standard InChI is InChI=1S/C16H13FN2O3/c17-12-4-3-10(8-11(12)16(21)22)9-19-7-5-14(20)15-13(19)2-1-6-18-15/h1-4,6,8H,5,7,9H2,(H,21,22). The fraction of sp³-hybridized carbons (Fsp3) is 0.188. The number of hydrogen-bond acceptors (Lipinski definition) is 4. The summed E-state index contributed by atoms with van der Waals surface area (Å²) in [5.41, 5.74) is 1.47. The minimum Gasteiger partial charge on any atom is -0.478 e. The smallest absolute Gasteiger partial charge is 0.338 e. The van der Waals surface area contributed by atoms with E-state index in [1.165, 1.54) is 6.07 Å². The lowest BCUT2D eigenvalue weighted by molar-refractivity contribution is 0.0691. The lowest BCUT2D eigenvalue weighted by Crippen LogP contribution is -2.32. The summed E-state index contributed by atoms with van der Waals surface area (Å²) in [7, 11) is 0. The van der Waals surface area contributed by atoms with E-state index in [1.807, 2.05) is 4.90 Å². The van der Waals surface area contributed by atoms with Gasteiger partial charge in [-0.25, -0.2) is 9.18 Å². The van der Waals surface area contributed by atoms with Crippen LogP contribution >= 0.6 is 0 Å². The fourth-order valence-corrected chi connectivity index (χ4v) is 2.56. The fourth-order valence-electron chi connectivity index (χ4n) is 2.56. The molecule has 5 nitrogen and oxygen atoms in total. The second kappa shape index (κ2) is 5.55. The van der Waals surface area contributed by atoms with Crippen LogP contribution in [0.4, 0.5) is 10.1 Å². The second-order valence-electron chi connectivity index (χ2n) is 5.09. The molecule has 0 unspecified atom stereocenters. The maximum absolute atomic E-state index is 13.4. The molecule has 6 heteroatoms. The molecule has 1 N–H and O–H groups in total. The quantitative estimate of drug-likeness (QED) is 0.943. The largest absolute Gasteiger partial charge is 0.478 e. The maximum Gasteiger partial charge on any atom is 0.338 e. The summed E-state index contributed by atoms with van der Waals surface area (Å²) in [5.74, 6) is -2.06. The zero-order valence-corrected chi connectivity index (χ0v) is 11.6. The number of aromatic carboxylic acids is 1. The number of halogens is 1. The van der Waals surface area contributed by atoms with Crippen molar-refractivity contribution in [3.05, 3.63) is 59.2 Å². The summed E-state index contributed by atoms with van der Waals surface area (Å²) in [6.07, 6.45) is 1.93. The molecule has 0 atom stereocenters. The van der Waals surface area contributed by atoms with Crippen LogP contribution in [0.5, 0.6) is 0 Å². The minimum atomic E-state index is -1.30. The van der Waals surface area contributed by atoms with Gasteiger partial charge >= 0.3 is 5.97 Å². The third-order valence-electron chi connectivity index (χ3n) is 3.63. The average molecular weight is 300 g/mol. The van der Waals surface area contributed by atoms with Crippen molar-refractivity contribution in [2.75, 3.05) is 11.4 Å². The van der Waals surface area contributed by atoms with Crippen molar-refractivity contribution in [1.29, 1.82) is 0 Å². The molecular formula is C16H13FN2O3. The minimum absolute atomic E-state index is 0.00261. The van der Waals surface area contributed by atoms with Crippen molar-refractivity contribution >= 4 is 17.4 Å². The first-order valence-corrected chi connectivity index (χ1v) is 6.81. The van der Waals surface area contributed by atoms with E-state index in [0.717, 1.165) is 11.8 Å². The third kappa shape index (κ3) is 2.55. The average Bonchev–Trinajstić information content (AvgIpc) is 2.52. The van der Waals surface area contributed by atoms with Gasteiger partial charge in [-0.1, -0.05) is 6.07 Å². The molecule has 0 saturated heterocycles. The highest BCUT2D eigenvalue weighted by molar-refractivity contribution is 6.01. The Morgan fingerprint density at radius 2 is 2.18 bits per heavy atom. The van der Waals surface area contributed by atoms with Gasteiger partial charge in [-0.15, -0.1) is 0 Å². The number of carbonyl (C=O) groups excluding carboxylic acids is 1. The molecule has 0 aliphatic carbocycles. The van der Waals surface area contributed by atoms with Gasteiger partial charge in [0.25, 0.3) is 0 Å². The zero-order chi connectivity index (χ0) is 15.7. The van der Waals surface area contributed by atoms with E-state index < -0.39 is 11.8 Å². The molecule has 3 rings (SSSR count). The number of carboxylic acid groups (broad SMARTS) is 1. The van der Waals surface area contributed by atoms with Crippen LogP contribution < -0.4 is 4.90 Å². The van der Waals surface area contributed by atoms with Crippen LogP contribution in [0.25, 0.3) is 0 Å². The van der Waals surface area contributed by atoms with Crippen LogP contribution in [-0.4, -0.2) is 28.4 Å². The maximum atomic E-state index is 13.4. The van der Waals surface area contributed by atoms with Gasteiger partial charge in [-0.05, 0) is 29.8 Å². The Labute approximate surface area is 126 Å². The molecule has 112 valence electrons. The molecule has 0 fully saturated rings. The normalized spacial score (nSPS) is 13.9. The van der Waals surface area contributed by atoms with Gasteiger partial charge in [0.15, 0.2) is 5.78 Å². The van der Waals surface area contributed by atoms with Gasteiger partial charge in [-0.2, -0.15) is 0 Å². The van der Waals surface area contributed by atoms with E-state index in [0.29, 0.717) is 30.8 Å². The van der Waals surface area contributed by atoms with Crippen molar-refractivity contribution in [2.45, 2.75) is 13.0 Å². The summed E-state index contributed by atoms with van der Waals surface area (Å²) in [5, 5.41) is 8.98. The molecule has 0 radical (unpaired) electrons. The van der Waals surface area contributed by atoms with Crippen LogP contribution in [0.3, 0.4) is 0 Å². The Morgan fingerprint density at radius 1 is 1.36 bits per heavy atom. The summed E-state index contributed by atoms with van der Waals surface area (Å²) in [6.45, 7) is 0.920. The van der Waals surface area contributed by atoms with Gasteiger partial charge in [0.2, 0.25) is 0 Å². The molecule has 1 aliphatic heterocycles. The lowest BCUT2D eigenvalue weighted by atomic mass is 10.0. The number of anilines is 1. The Bertz CT molecular complexity index is 761. The Kier molecular flexibility index (Phi) is 3.58. The molecule has 0 saturated carbocycles. The number of aromatic nitrogens is 1. The molecule has 2 aromatic rings. The molecule has 2 heterocycles. The SMILES string of the molecule is O=C(O)c1cc(CN2CCC(=O)c3ncccc32)ccc1F. The summed E-state index contributed by atoms with van der Waals surface area (Å²) in [6, 6.07) is 7.58. The number of rotatable bonds is 3. The predicted molar refractivity (Wildman–Crippen MR) is 77.6 cm³/mol. The Balaban J connectivity index is 1.91. The van der Waals surface area contributed by atoms with E-state index in [1.54, 1.807) is 24.4 Å². The zero-order valence-electron chi connectivity index (χ0n) is 11.6. The predicted octanol–water partition coefficient (Wildman–Crippen LogP) is 2.51. The van der Waals surface area contributed by atoms with Crippen LogP contribution in [0, 0.1) is 5.82 Å². The lowest BCUT2D eigenvalue weighted by Gasteiger charge is -2.29. The highest BCUT2D eigenvalue weighted by atomic mass is 19.1. The second-order valence-corrected chi connectivity index (χ2v) is 5.09. The number of Topliss-reactive ketones (excluding diaryl/α,β-unsaturated/α-hetero) is 1. The van der Waals surface area contributed by atoms with Gasteiger partial charge in [-0.3, -0.25) is 9.78 Å². The number of benzene rings is 1. The summed E-state index contributed by atoms with van der Waals surface area (Å²) < 4.78 is 13.4. The molecule has 1 aromatic heterocycles. The van der Waals surface area contributed by atoms with Crippen LogP contribution in [0.1, 0.15) is 32.8 Å². The van der Waals surface area contributed by atoms with E-state index in [-0.39, 0.29) is 11.3 Å². The van der Waals surface area contributed by atoms with Crippen molar-refractivity contribution in [3.63, 3.8) is 0 Å². The monoisotopic (exact) mass is 300 g/mol. The first-order valence-electron chi connectivity index (χ1n) is 6.81. The van der Waals surface area contributed by atoms with Gasteiger partial charge in [0.05, 0.1) is 11.3 Å². The van der Waals surface area contributed by atoms with E-state index >= 15 is 0 Å². The van der Waals surface area contributed by atoms with Crippen molar-refractivity contribution in [3.8, 4) is 0 Å². The van der Waals surface area contributed by atoms with Gasteiger partial charge in [0, 0.05) is 25.7 Å². The highest BCUT2D eigenvalue weighted by Crippen LogP contribution is 2.26. The summed E-state index contributed by atoms with van der Waals surface area (Å²) in [4.78, 5) is 28.9. The van der Waals surface area contributed by atoms with E-state index in [9.17, 15) is 14.0 Å². The molecule has 22 heavy (non-hydrogen) atoms. The first kappa shape index (κ1) is 14.2. The molecule has 0 amide bonds. The van der Waals surface area contributed by atoms with Crippen LogP contribution in [0.15, 0.2) is 36.5 Å². The number of fused-ring (bicyclic) bond motifs is 1. The van der Waals surface area contributed by atoms with E-state index in [2.05, 4.69) is 4.98 Å². The molecule has 0 bridgehead atoms. The molecule has 0 spiro atoms. The number of carbonyl (C=O) groups is 2. The number of carboxylic acids is 1. The summed E-state index contributed by atoms with van der Waals surface area (Å²) >= 11 is 0. The van der Waals surface area contributed by atoms with Gasteiger partial charge < -0.3 is 10.0 Å². The first-order chi connectivity index (χ1) is 10.6. The topological polar surface area (TPSA) is 70.5 Å². The van der Waals surface area contributed by atoms with Crippen LogP contribution in [0.2, 0.25) is 0 Å². The molecular weight excluding hydrogens is 287 g/mol. The number of pyridine rings is 1. The van der Waals surface area contributed by atoms with Crippen molar-refractivity contribution in [1.82, 2.24) is 4.98 Å². The van der Waals surface area contributed by atoms with Gasteiger partial charge in [0.1, 0.15) is 11.5 Å². The van der Waals surface area contributed by atoms with Crippen molar-refractivity contribution < 1.29 is 19.1 Å². The Morgan fingerprint density at radius 3 is 2.95 bits per heavy atom. The Hall–Kier alpha value is -2.76. The molecule has 1 aromatic carbocycles. The number of hydrogen-bond donors (Lipinski definition) is 1. The number of ketones is 1. The van der Waals surface area contributed by atoms with Crippen molar-refractivity contribution in [2.24, 2.45) is 0 Å². The molecule has 1 aliphatic rings. The van der Waals surface area contributed by atoms with E-state index in [4.69, 9.17) is 5.11 Å². The highest BCUT2D eigenvalue weighted by Gasteiger charge is 2.24. The van der Waals surface area contributed by atoms with Crippen LogP contribution in [-0.2, 0) is 6.54 Å². The number of nitrogens with zero attached hydrogens (tertiary/aromatic N) is 2.